The maximum Gasteiger partial charge on any atom is 0.379 e. The highest BCUT2D eigenvalue weighted by Crippen LogP contribution is 2.45. The summed E-state index contributed by atoms with van der Waals surface area (Å²) in [6.45, 7) is 3.65. The number of carbonyl (C=O) groups excluding carboxylic acids is 1. The fourth-order valence-corrected chi connectivity index (χ4v) is 3.64. The molecule has 0 radical (unpaired) electrons. The van der Waals surface area contributed by atoms with Gasteiger partial charge in [0.25, 0.3) is 0 Å². The number of carbonyl (C=O) groups is 1. The first-order valence-electron chi connectivity index (χ1n) is 9.14. The molecular formula is C22H20O6. The molecule has 6 heteroatoms. The van der Waals surface area contributed by atoms with Gasteiger partial charge in [-0.05, 0) is 31.5 Å². The Bertz CT molecular complexity index is 1100. The number of fused-ring (bicyclic) bond motifs is 3. The molecule has 2 unspecified atom stereocenters. The molecule has 1 N–H and O–H groups in total. The van der Waals surface area contributed by atoms with Crippen LogP contribution in [-0.4, -0.2) is 23.5 Å². The average Bonchev–Trinajstić information content (AvgIpc) is 2.69. The minimum Gasteiger partial charge on any atom is -0.461 e. The molecule has 0 saturated heterocycles. The molecule has 0 bridgehead atoms. The van der Waals surface area contributed by atoms with E-state index in [2.05, 4.69) is 0 Å². The molecule has 3 aromatic rings. The lowest BCUT2D eigenvalue weighted by molar-refractivity contribution is -0.205. The predicted molar refractivity (Wildman–Crippen MR) is 102 cm³/mol. The van der Waals surface area contributed by atoms with Crippen LogP contribution in [0.15, 0.2) is 57.7 Å². The van der Waals surface area contributed by atoms with Crippen LogP contribution in [0, 0.1) is 6.92 Å². The Kier molecular flexibility index (Phi) is 4.43. The molecular weight excluding hydrogens is 360 g/mol. The van der Waals surface area contributed by atoms with Crippen molar-refractivity contribution < 1.29 is 23.8 Å². The Morgan fingerprint density at radius 2 is 2.00 bits per heavy atom. The van der Waals surface area contributed by atoms with Crippen LogP contribution >= 0.6 is 0 Å². The molecule has 1 aromatic heterocycles. The van der Waals surface area contributed by atoms with Crippen LogP contribution in [0.2, 0.25) is 0 Å². The van der Waals surface area contributed by atoms with Gasteiger partial charge in [0, 0.05) is 12.3 Å². The number of benzene rings is 2. The van der Waals surface area contributed by atoms with E-state index in [0.29, 0.717) is 16.5 Å². The van der Waals surface area contributed by atoms with Gasteiger partial charge in [-0.2, -0.15) is 0 Å². The first-order valence-corrected chi connectivity index (χ1v) is 9.14. The number of rotatable bonds is 3. The van der Waals surface area contributed by atoms with Gasteiger partial charge in [-0.25, -0.2) is 9.59 Å². The summed E-state index contributed by atoms with van der Waals surface area (Å²) in [4.78, 5) is 25.3. The standard InChI is InChI=1S/C22H20O6/c1-3-26-21(24)22(25)12-16(14-7-5-4-6-8-14)18-19(28-22)15-11-13(2)9-10-17(15)27-20(18)23/h4-11,16,25H,3,12H2,1-2H3. The van der Waals surface area contributed by atoms with E-state index >= 15 is 0 Å². The number of aliphatic hydroxyl groups is 1. The Balaban J connectivity index is 2.00. The predicted octanol–water partition coefficient (Wildman–Crippen LogP) is 3.27. The number of hydrogen-bond donors (Lipinski definition) is 1. The van der Waals surface area contributed by atoms with Crippen molar-refractivity contribution in [2.45, 2.75) is 32.0 Å². The molecule has 6 nitrogen and oxygen atoms in total. The van der Waals surface area contributed by atoms with Crippen molar-refractivity contribution in [1.29, 1.82) is 0 Å². The highest BCUT2D eigenvalue weighted by molar-refractivity contribution is 5.87. The second-order valence-corrected chi connectivity index (χ2v) is 6.91. The van der Waals surface area contributed by atoms with Crippen LogP contribution in [0.5, 0.6) is 5.75 Å². The number of hydrogen-bond acceptors (Lipinski definition) is 6. The molecule has 0 amide bonds. The number of esters is 1. The Labute approximate surface area is 161 Å². The minimum absolute atomic E-state index is 0.101. The van der Waals surface area contributed by atoms with Gasteiger partial charge in [0.05, 0.1) is 17.6 Å². The second kappa shape index (κ2) is 6.80. The third-order valence-electron chi connectivity index (χ3n) is 4.94. The molecule has 0 spiro atoms. The zero-order chi connectivity index (χ0) is 19.9. The molecule has 28 heavy (non-hydrogen) atoms. The van der Waals surface area contributed by atoms with Crippen LogP contribution in [0.25, 0.3) is 11.0 Å². The zero-order valence-corrected chi connectivity index (χ0v) is 15.6. The Morgan fingerprint density at radius 1 is 1.25 bits per heavy atom. The van der Waals surface area contributed by atoms with Crippen molar-refractivity contribution in [2.24, 2.45) is 0 Å². The third-order valence-corrected chi connectivity index (χ3v) is 4.94. The van der Waals surface area contributed by atoms with Gasteiger partial charge >= 0.3 is 17.4 Å². The highest BCUT2D eigenvalue weighted by Gasteiger charge is 2.49. The van der Waals surface area contributed by atoms with E-state index in [1.165, 1.54) is 0 Å². The van der Waals surface area contributed by atoms with E-state index in [4.69, 9.17) is 13.9 Å². The second-order valence-electron chi connectivity index (χ2n) is 6.91. The van der Waals surface area contributed by atoms with Crippen LogP contribution in [-0.2, 0) is 9.53 Å². The van der Waals surface area contributed by atoms with Crippen LogP contribution in [0.4, 0.5) is 0 Å². The SMILES string of the molecule is CCOC(=O)C1(O)CC(c2ccccc2)c2c(c3cc(C)ccc3oc2=O)O1. The van der Waals surface area contributed by atoms with E-state index in [1.54, 1.807) is 19.1 Å². The van der Waals surface area contributed by atoms with E-state index in [9.17, 15) is 14.7 Å². The lowest BCUT2D eigenvalue weighted by Gasteiger charge is -2.36. The molecule has 2 atom stereocenters. The molecule has 144 valence electrons. The van der Waals surface area contributed by atoms with Crippen LogP contribution in [0.1, 0.15) is 36.0 Å². The van der Waals surface area contributed by atoms with Crippen LogP contribution < -0.4 is 10.4 Å². The smallest absolute Gasteiger partial charge is 0.379 e. The van der Waals surface area contributed by atoms with E-state index in [-0.39, 0.29) is 18.8 Å². The monoisotopic (exact) mass is 380 g/mol. The van der Waals surface area contributed by atoms with Crippen molar-refractivity contribution in [3.63, 3.8) is 0 Å². The van der Waals surface area contributed by atoms with Crippen molar-refractivity contribution in [2.75, 3.05) is 6.61 Å². The average molecular weight is 380 g/mol. The molecule has 2 aromatic carbocycles. The van der Waals surface area contributed by atoms with E-state index in [1.807, 2.05) is 43.3 Å². The quantitative estimate of drug-likeness (QED) is 0.554. The summed E-state index contributed by atoms with van der Waals surface area (Å²) in [6.07, 6.45) is -0.148. The van der Waals surface area contributed by atoms with Gasteiger partial charge in [-0.3, -0.25) is 0 Å². The third kappa shape index (κ3) is 2.96. The van der Waals surface area contributed by atoms with Crippen molar-refractivity contribution in [3.8, 4) is 5.75 Å². The minimum atomic E-state index is -2.20. The summed E-state index contributed by atoms with van der Waals surface area (Å²) in [5, 5.41) is 11.6. The van der Waals surface area contributed by atoms with Gasteiger partial charge < -0.3 is 19.0 Å². The summed E-state index contributed by atoms with van der Waals surface area (Å²) in [6, 6.07) is 14.5. The lowest BCUT2D eigenvalue weighted by Crippen LogP contribution is -2.50. The number of aryl methyl sites for hydroxylation is 1. The summed E-state index contributed by atoms with van der Waals surface area (Å²) in [5.41, 5.74) is 1.77. The first kappa shape index (κ1) is 18.3. The largest absolute Gasteiger partial charge is 0.461 e. The van der Waals surface area contributed by atoms with Crippen LogP contribution in [0.3, 0.4) is 0 Å². The Morgan fingerprint density at radius 3 is 2.71 bits per heavy atom. The van der Waals surface area contributed by atoms with E-state index in [0.717, 1.165) is 11.1 Å². The molecule has 4 rings (SSSR count). The molecule has 0 saturated carbocycles. The molecule has 0 aliphatic carbocycles. The highest BCUT2D eigenvalue weighted by atomic mass is 16.7. The molecule has 1 aliphatic rings. The van der Waals surface area contributed by atoms with Gasteiger partial charge in [-0.1, -0.05) is 42.0 Å². The topological polar surface area (TPSA) is 86.0 Å². The van der Waals surface area contributed by atoms with Gasteiger partial charge in [0.1, 0.15) is 11.3 Å². The lowest BCUT2D eigenvalue weighted by atomic mass is 9.83. The van der Waals surface area contributed by atoms with Gasteiger partial charge in [-0.15, -0.1) is 0 Å². The van der Waals surface area contributed by atoms with Crippen molar-refractivity contribution >= 4 is 16.9 Å². The summed E-state index contributed by atoms with van der Waals surface area (Å²) < 4.78 is 16.3. The summed E-state index contributed by atoms with van der Waals surface area (Å²) >= 11 is 0. The zero-order valence-electron chi connectivity index (χ0n) is 15.6. The molecule has 1 aliphatic heterocycles. The van der Waals surface area contributed by atoms with Gasteiger partial charge in [0.15, 0.2) is 0 Å². The van der Waals surface area contributed by atoms with E-state index < -0.39 is 23.3 Å². The maximum atomic E-state index is 12.8. The maximum absolute atomic E-state index is 12.8. The van der Waals surface area contributed by atoms with Crippen molar-refractivity contribution in [3.05, 3.63) is 75.6 Å². The molecule has 0 fully saturated rings. The summed E-state index contributed by atoms with van der Waals surface area (Å²) in [5.74, 6) is -3.50. The normalized spacial score (nSPS) is 21.0. The number of ether oxygens (including phenoxy) is 2. The summed E-state index contributed by atoms with van der Waals surface area (Å²) in [7, 11) is 0. The fraction of sp³-hybridized carbons (Fsp3) is 0.273. The molecule has 2 heterocycles. The van der Waals surface area contributed by atoms with Crippen molar-refractivity contribution in [1.82, 2.24) is 0 Å². The Hall–Kier alpha value is -3.12. The fourth-order valence-electron chi connectivity index (χ4n) is 3.64. The van der Waals surface area contributed by atoms with Gasteiger partial charge in [0.2, 0.25) is 0 Å². The first-order chi connectivity index (χ1) is 13.4.